The Balaban J connectivity index is 2.80. The maximum Gasteiger partial charge on any atom is 0.139 e. The van der Waals surface area contributed by atoms with E-state index in [0.29, 0.717) is 23.4 Å². The number of nitrogens with zero attached hydrogens (tertiary/aromatic N) is 2. The van der Waals surface area contributed by atoms with E-state index in [0.717, 1.165) is 5.52 Å². The molecule has 1 unspecified atom stereocenters. The van der Waals surface area contributed by atoms with Crippen LogP contribution in [0.1, 0.15) is 32.2 Å². The molecule has 20 heavy (non-hydrogen) atoms. The maximum absolute atomic E-state index is 9.95. The zero-order valence-electron chi connectivity index (χ0n) is 11.7. The highest BCUT2D eigenvalue weighted by Crippen LogP contribution is 2.31. The normalized spacial score (nSPS) is 13.8. The molecule has 0 saturated carbocycles. The number of benzene rings is 1. The molecule has 6 nitrogen and oxygen atoms in total. The van der Waals surface area contributed by atoms with Crippen molar-refractivity contribution in [3.8, 4) is 0 Å². The van der Waals surface area contributed by atoms with Crippen molar-refractivity contribution >= 4 is 16.7 Å². The number of fused-ring (bicyclic) bond motifs is 1. The van der Waals surface area contributed by atoms with Gasteiger partial charge >= 0.3 is 0 Å². The van der Waals surface area contributed by atoms with Crippen molar-refractivity contribution in [3.05, 3.63) is 24.0 Å². The second-order valence-electron chi connectivity index (χ2n) is 5.12. The Kier molecular flexibility index (Phi) is 3.99. The van der Waals surface area contributed by atoms with Crippen LogP contribution >= 0.6 is 0 Å². The van der Waals surface area contributed by atoms with Crippen LogP contribution in [0.3, 0.4) is 0 Å². The molecule has 0 saturated heterocycles. The van der Waals surface area contributed by atoms with Crippen molar-refractivity contribution < 1.29 is 15.3 Å². The van der Waals surface area contributed by atoms with Crippen molar-refractivity contribution in [2.45, 2.75) is 31.9 Å². The van der Waals surface area contributed by atoms with Gasteiger partial charge in [-0.05, 0) is 31.5 Å². The molecule has 0 fully saturated rings. The Hall–Kier alpha value is -1.63. The fourth-order valence-electron chi connectivity index (χ4n) is 2.47. The van der Waals surface area contributed by atoms with E-state index >= 15 is 0 Å². The first kappa shape index (κ1) is 14.8. The minimum atomic E-state index is -0.892. The number of aliphatic hydroxyl groups excluding tert-OH is 3. The van der Waals surface area contributed by atoms with E-state index in [9.17, 15) is 15.3 Å². The molecule has 0 radical (unpaired) electrons. The van der Waals surface area contributed by atoms with Gasteiger partial charge in [-0.3, -0.25) is 0 Å². The molecule has 2 rings (SSSR count). The lowest BCUT2D eigenvalue weighted by atomic mass is 9.97. The third kappa shape index (κ3) is 2.15. The lowest BCUT2D eigenvalue weighted by molar-refractivity contribution is 0.0536. The summed E-state index contributed by atoms with van der Waals surface area (Å²) < 4.78 is 1.73. The Morgan fingerprint density at radius 1 is 1.35 bits per heavy atom. The zero-order chi connectivity index (χ0) is 14.9. The fourth-order valence-corrected chi connectivity index (χ4v) is 2.47. The molecule has 0 aliphatic heterocycles. The van der Waals surface area contributed by atoms with Gasteiger partial charge in [0.2, 0.25) is 0 Å². The van der Waals surface area contributed by atoms with Gasteiger partial charge in [-0.25, -0.2) is 4.98 Å². The van der Waals surface area contributed by atoms with Crippen LogP contribution in [0.4, 0.5) is 5.69 Å². The first-order valence-corrected chi connectivity index (χ1v) is 6.67. The minimum Gasteiger partial charge on any atom is -0.399 e. The second kappa shape index (κ2) is 5.40. The van der Waals surface area contributed by atoms with Gasteiger partial charge in [0.25, 0.3) is 0 Å². The third-order valence-corrected chi connectivity index (χ3v) is 3.80. The highest BCUT2D eigenvalue weighted by molar-refractivity contribution is 5.80. The average molecular weight is 279 g/mol. The molecule has 1 aromatic carbocycles. The summed E-state index contributed by atoms with van der Waals surface area (Å²) in [6.45, 7) is 3.00. The van der Waals surface area contributed by atoms with Crippen molar-refractivity contribution in [2.24, 2.45) is 0 Å². The number of aromatic nitrogens is 2. The predicted molar refractivity (Wildman–Crippen MR) is 77.2 cm³/mol. The van der Waals surface area contributed by atoms with E-state index in [-0.39, 0.29) is 13.2 Å². The van der Waals surface area contributed by atoms with Gasteiger partial charge in [0, 0.05) is 5.69 Å². The SMILES string of the molecule is CCC(CO)(CO)n1c(C(C)O)nc2cc(N)ccc21. The van der Waals surface area contributed by atoms with Crippen LogP contribution < -0.4 is 5.73 Å². The summed E-state index contributed by atoms with van der Waals surface area (Å²) in [5.74, 6) is 0.413. The number of nitrogen functional groups attached to an aromatic ring is 1. The Labute approximate surface area is 117 Å². The summed E-state index contributed by atoms with van der Waals surface area (Å²) in [5, 5.41) is 29.5. The molecule has 110 valence electrons. The Bertz CT molecular complexity index is 595. The molecule has 1 aromatic heterocycles. The first-order valence-electron chi connectivity index (χ1n) is 6.67. The van der Waals surface area contributed by atoms with Crippen LogP contribution in [-0.2, 0) is 5.54 Å². The number of imidazole rings is 1. The molecule has 0 aliphatic rings. The van der Waals surface area contributed by atoms with Crippen molar-refractivity contribution in [3.63, 3.8) is 0 Å². The largest absolute Gasteiger partial charge is 0.399 e. The zero-order valence-corrected chi connectivity index (χ0v) is 11.7. The highest BCUT2D eigenvalue weighted by atomic mass is 16.3. The summed E-state index contributed by atoms with van der Waals surface area (Å²) in [4.78, 5) is 4.39. The van der Waals surface area contributed by atoms with Gasteiger partial charge in [0.15, 0.2) is 0 Å². The van der Waals surface area contributed by atoms with E-state index in [1.165, 1.54) is 0 Å². The molecular formula is C14H21N3O3. The molecule has 2 aromatic rings. The first-order chi connectivity index (χ1) is 9.49. The van der Waals surface area contributed by atoms with Crippen LogP contribution in [0.5, 0.6) is 0 Å². The average Bonchev–Trinajstić information content (AvgIpc) is 2.81. The van der Waals surface area contributed by atoms with E-state index in [4.69, 9.17) is 5.73 Å². The Morgan fingerprint density at radius 3 is 2.50 bits per heavy atom. The summed E-state index contributed by atoms with van der Waals surface area (Å²) >= 11 is 0. The number of anilines is 1. The van der Waals surface area contributed by atoms with Crippen LogP contribution in [0.2, 0.25) is 0 Å². The van der Waals surface area contributed by atoms with Crippen LogP contribution in [0.25, 0.3) is 11.0 Å². The number of aliphatic hydroxyl groups is 3. The van der Waals surface area contributed by atoms with Gasteiger partial charge in [0.05, 0.1) is 29.8 Å². The number of nitrogens with two attached hydrogens (primary N) is 1. The monoisotopic (exact) mass is 279 g/mol. The number of rotatable bonds is 5. The molecule has 0 bridgehead atoms. The number of hydrogen-bond acceptors (Lipinski definition) is 5. The second-order valence-corrected chi connectivity index (χ2v) is 5.12. The fraction of sp³-hybridized carbons (Fsp3) is 0.500. The van der Waals surface area contributed by atoms with Gasteiger partial charge in [-0.2, -0.15) is 0 Å². The quantitative estimate of drug-likeness (QED) is 0.605. The van der Waals surface area contributed by atoms with E-state index < -0.39 is 11.6 Å². The van der Waals surface area contributed by atoms with E-state index in [2.05, 4.69) is 4.98 Å². The lowest BCUT2D eigenvalue weighted by Crippen LogP contribution is -2.42. The van der Waals surface area contributed by atoms with Crippen molar-refractivity contribution in [2.75, 3.05) is 18.9 Å². The smallest absolute Gasteiger partial charge is 0.139 e. The molecule has 1 atom stereocenters. The maximum atomic E-state index is 9.95. The topological polar surface area (TPSA) is 105 Å². The minimum absolute atomic E-state index is 0.241. The molecular weight excluding hydrogens is 258 g/mol. The Morgan fingerprint density at radius 2 is 2.00 bits per heavy atom. The summed E-state index contributed by atoms with van der Waals surface area (Å²) in [7, 11) is 0. The van der Waals surface area contributed by atoms with Crippen molar-refractivity contribution in [1.82, 2.24) is 9.55 Å². The van der Waals surface area contributed by atoms with Crippen molar-refractivity contribution in [1.29, 1.82) is 0 Å². The van der Waals surface area contributed by atoms with E-state index in [1.54, 1.807) is 29.7 Å². The number of hydrogen-bond donors (Lipinski definition) is 4. The molecule has 0 amide bonds. The highest BCUT2D eigenvalue weighted by Gasteiger charge is 2.34. The summed E-state index contributed by atoms with van der Waals surface area (Å²) in [6, 6.07) is 5.24. The molecule has 1 heterocycles. The van der Waals surface area contributed by atoms with Gasteiger partial charge in [0.1, 0.15) is 11.9 Å². The van der Waals surface area contributed by atoms with Gasteiger partial charge in [-0.1, -0.05) is 6.92 Å². The van der Waals surface area contributed by atoms with E-state index in [1.807, 2.05) is 6.92 Å². The lowest BCUT2D eigenvalue weighted by Gasteiger charge is -2.33. The van der Waals surface area contributed by atoms with Crippen LogP contribution in [0, 0.1) is 0 Å². The standard InChI is InChI=1S/C14H21N3O3/c1-3-14(7-18,8-19)17-12-5-4-10(15)6-11(12)16-13(17)9(2)20/h4-6,9,18-20H,3,7-8,15H2,1-2H3. The predicted octanol–water partition coefficient (Wildman–Crippen LogP) is 0.762. The van der Waals surface area contributed by atoms with Gasteiger partial charge in [-0.15, -0.1) is 0 Å². The molecule has 6 heteroatoms. The third-order valence-electron chi connectivity index (χ3n) is 3.80. The molecule has 5 N–H and O–H groups in total. The molecule has 0 aliphatic carbocycles. The summed E-state index contributed by atoms with van der Waals surface area (Å²) in [5.41, 5.74) is 6.82. The molecule has 0 spiro atoms. The van der Waals surface area contributed by atoms with Crippen LogP contribution in [-0.4, -0.2) is 38.1 Å². The van der Waals surface area contributed by atoms with Crippen LogP contribution in [0.15, 0.2) is 18.2 Å². The summed E-state index contributed by atoms with van der Waals surface area (Å²) in [6.07, 6.45) is -0.303. The van der Waals surface area contributed by atoms with Gasteiger partial charge < -0.3 is 25.6 Å².